The van der Waals surface area contributed by atoms with Gasteiger partial charge >= 0.3 is 5.97 Å². The predicted octanol–water partition coefficient (Wildman–Crippen LogP) is 0.976. The summed E-state index contributed by atoms with van der Waals surface area (Å²) in [6.07, 6.45) is 2.09. The van der Waals surface area contributed by atoms with Gasteiger partial charge in [-0.2, -0.15) is 0 Å². The molecule has 0 amide bonds. The maximum absolute atomic E-state index is 10.9. The van der Waals surface area contributed by atoms with Crippen molar-refractivity contribution in [2.45, 2.75) is 13.3 Å². The lowest BCUT2D eigenvalue weighted by Crippen LogP contribution is -2.16. The van der Waals surface area contributed by atoms with Gasteiger partial charge < -0.3 is 10.8 Å². The van der Waals surface area contributed by atoms with E-state index < -0.39 is 5.97 Å². The van der Waals surface area contributed by atoms with Crippen LogP contribution in [0.2, 0.25) is 0 Å². The van der Waals surface area contributed by atoms with E-state index in [2.05, 4.69) is 4.98 Å². The van der Waals surface area contributed by atoms with Crippen LogP contribution in [0.25, 0.3) is 0 Å². The summed E-state index contributed by atoms with van der Waals surface area (Å²) in [6, 6.07) is 1.50. The second kappa shape index (κ2) is 4.15. The number of nitrogens with two attached hydrogens (primary N) is 1. The Morgan fingerprint density at radius 1 is 1.64 bits per heavy atom. The fourth-order valence-electron chi connectivity index (χ4n) is 1.07. The van der Waals surface area contributed by atoms with Crippen LogP contribution in [0.3, 0.4) is 0 Å². The van der Waals surface area contributed by atoms with Gasteiger partial charge in [0, 0.05) is 17.5 Å². The fraction of sp³-hybridized carbons (Fsp3) is 0.222. The average molecular weight is 210 g/mol. The van der Waals surface area contributed by atoms with E-state index in [1.165, 1.54) is 12.3 Å². The molecule has 3 N–H and O–H groups in total. The first kappa shape index (κ1) is 10.6. The van der Waals surface area contributed by atoms with Gasteiger partial charge in [0.2, 0.25) is 0 Å². The third kappa shape index (κ3) is 2.05. The summed E-state index contributed by atoms with van der Waals surface area (Å²) in [4.78, 5) is 14.9. The van der Waals surface area contributed by atoms with E-state index in [1.807, 2.05) is 6.92 Å². The lowest BCUT2D eigenvalue weighted by Gasteiger charge is -2.04. The summed E-state index contributed by atoms with van der Waals surface area (Å²) >= 11 is 4.72. The monoisotopic (exact) mass is 210 g/mol. The minimum absolute atomic E-state index is 0.0533. The van der Waals surface area contributed by atoms with Crippen molar-refractivity contribution in [3.8, 4) is 0 Å². The lowest BCUT2D eigenvalue weighted by molar-refractivity contribution is 0.0696. The number of carboxylic acid groups (broad SMARTS) is 1. The van der Waals surface area contributed by atoms with E-state index in [0.717, 1.165) is 0 Å². The first-order chi connectivity index (χ1) is 6.56. The minimum atomic E-state index is -1.04. The van der Waals surface area contributed by atoms with Crippen molar-refractivity contribution >= 4 is 23.2 Å². The van der Waals surface area contributed by atoms with E-state index in [9.17, 15) is 4.79 Å². The lowest BCUT2D eigenvalue weighted by atomic mass is 10.1. The first-order valence-corrected chi connectivity index (χ1v) is 4.49. The van der Waals surface area contributed by atoms with Crippen LogP contribution in [-0.2, 0) is 6.42 Å². The molecule has 0 saturated heterocycles. The molecule has 74 valence electrons. The highest BCUT2D eigenvalue weighted by molar-refractivity contribution is 7.80. The summed E-state index contributed by atoms with van der Waals surface area (Å²) in [7, 11) is 0. The highest BCUT2D eigenvalue weighted by atomic mass is 32.1. The Kier molecular flexibility index (Phi) is 3.14. The number of thiocarbonyl (C=S) groups is 1. The molecule has 0 radical (unpaired) electrons. The smallest absolute Gasteiger partial charge is 0.336 e. The fourth-order valence-corrected chi connectivity index (χ4v) is 1.23. The number of hydrogen-bond donors (Lipinski definition) is 2. The van der Waals surface area contributed by atoms with Gasteiger partial charge in [0.1, 0.15) is 4.99 Å². The van der Waals surface area contributed by atoms with Crippen LogP contribution in [0.1, 0.15) is 28.5 Å². The Hall–Kier alpha value is -1.49. The van der Waals surface area contributed by atoms with Crippen LogP contribution < -0.4 is 5.73 Å². The molecule has 0 spiro atoms. The average Bonchev–Trinajstić information content (AvgIpc) is 2.16. The molecule has 0 saturated carbocycles. The van der Waals surface area contributed by atoms with Gasteiger partial charge in [-0.3, -0.25) is 4.98 Å². The van der Waals surface area contributed by atoms with Crippen LogP contribution >= 0.6 is 12.2 Å². The number of pyridine rings is 1. The number of rotatable bonds is 3. The Morgan fingerprint density at radius 2 is 2.29 bits per heavy atom. The Bertz CT molecular complexity index is 390. The molecule has 0 bridgehead atoms. The van der Waals surface area contributed by atoms with Crippen molar-refractivity contribution in [3.63, 3.8) is 0 Å². The number of carbonyl (C=O) groups is 1. The molecule has 1 aromatic rings. The van der Waals surface area contributed by atoms with Gasteiger partial charge in [-0.15, -0.1) is 0 Å². The van der Waals surface area contributed by atoms with Crippen molar-refractivity contribution < 1.29 is 9.90 Å². The largest absolute Gasteiger partial charge is 0.478 e. The third-order valence-electron chi connectivity index (χ3n) is 1.82. The summed E-state index contributed by atoms with van der Waals surface area (Å²) in [5, 5.41) is 8.89. The zero-order valence-corrected chi connectivity index (χ0v) is 8.47. The number of hydrogen-bond acceptors (Lipinski definition) is 3. The van der Waals surface area contributed by atoms with Gasteiger partial charge in [-0.05, 0) is 12.5 Å². The number of aryl methyl sites for hydroxylation is 1. The molecule has 0 aromatic carbocycles. The summed E-state index contributed by atoms with van der Waals surface area (Å²) in [6.45, 7) is 1.90. The van der Waals surface area contributed by atoms with Crippen molar-refractivity contribution in [1.29, 1.82) is 0 Å². The van der Waals surface area contributed by atoms with Crippen molar-refractivity contribution in [3.05, 3.63) is 29.1 Å². The van der Waals surface area contributed by atoms with Crippen LogP contribution in [0.4, 0.5) is 0 Å². The molecule has 0 unspecified atom stereocenters. The van der Waals surface area contributed by atoms with Gasteiger partial charge in [-0.25, -0.2) is 4.79 Å². The molecule has 0 aliphatic carbocycles. The molecule has 0 atom stereocenters. The van der Waals surface area contributed by atoms with Crippen molar-refractivity contribution in [2.24, 2.45) is 5.73 Å². The molecule has 0 fully saturated rings. The Morgan fingerprint density at radius 3 is 2.71 bits per heavy atom. The van der Waals surface area contributed by atoms with Crippen LogP contribution in [0.5, 0.6) is 0 Å². The number of aromatic carboxylic acids is 1. The first-order valence-electron chi connectivity index (χ1n) is 4.08. The van der Waals surface area contributed by atoms with Gasteiger partial charge in [0.05, 0.1) is 5.56 Å². The van der Waals surface area contributed by atoms with Crippen LogP contribution in [0, 0.1) is 0 Å². The van der Waals surface area contributed by atoms with Crippen LogP contribution in [0.15, 0.2) is 12.3 Å². The Labute approximate surface area is 86.8 Å². The highest BCUT2D eigenvalue weighted by Gasteiger charge is 2.12. The van der Waals surface area contributed by atoms with Gasteiger partial charge in [-0.1, -0.05) is 19.1 Å². The molecule has 0 aliphatic heterocycles. The molecule has 14 heavy (non-hydrogen) atoms. The molecule has 1 aromatic heterocycles. The van der Waals surface area contributed by atoms with E-state index in [4.69, 9.17) is 23.1 Å². The van der Waals surface area contributed by atoms with E-state index >= 15 is 0 Å². The molecule has 5 heteroatoms. The van der Waals surface area contributed by atoms with E-state index in [1.54, 1.807) is 0 Å². The number of aromatic nitrogens is 1. The van der Waals surface area contributed by atoms with E-state index in [0.29, 0.717) is 17.7 Å². The maximum Gasteiger partial charge on any atom is 0.336 e. The van der Waals surface area contributed by atoms with Crippen molar-refractivity contribution in [2.75, 3.05) is 0 Å². The predicted molar refractivity (Wildman–Crippen MR) is 56.5 cm³/mol. The Balaban J connectivity index is 3.31. The van der Waals surface area contributed by atoms with E-state index in [-0.39, 0.29) is 10.6 Å². The molecular weight excluding hydrogens is 200 g/mol. The normalized spacial score (nSPS) is 9.79. The molecule has 1 rings (SSSR count). The molecule has 4 nitrogen and oxygen atoms in total. The maximum atomic E-state index is 10.9. The van der Waals surface area contributed by atoms with Gasteiger partial charge in [0.15, 0.2) is 0 Å². The quantitative estimate of drug-likeness (QED) is 0.727. The summed E-state index contributed by atoms with van der Waals surface area (Å²) < 4.78 is 0. The SMILES string of the molecule is CCc1cc(C(=O)O)c(C(N)=S)cn1. The number of nitrogens with zero attached hydrogens (tertiary/aromatic N) is 1. The van der Waals surface area contributed by atoms with Crippen molar-refractivity contribution in [1.82, 2.24) is 4.98 Å². The summed E-state index contributed by atoms with van der Waals surface area (Å²) in [5.74, 6) is -1.04. The second-order valence-corrected chi connectivity index (χ2v) is 3.18. The highest BCUT2D eigenvalue weighted by Crippen LogP contribution is 2.10. The van der Waals surface area contributed by atoms with Gasteiger partial charge in [0.25, 0.3) is 0 Å². The molecule has 1 heterocycles. The third-order valence-corrected chi connectivity index (χ3v) is 2.04. The minimum Gasteiger partial charge on any atom is -0.478 e. The standard InChI is InChI=1S/C9H10N2O2S/c1-2-5-3-6(9(12)13)7(4-11-5)8(10)14/h3-4H,2H2,1H3,(H2,10,14)(H,12,13). The molecular formula is C9H10N2O2S. The topological polar surface area (TPSA) is 76.2 Å². The zero-order chi connectivity index (χ0) is 10.7. The second-order valence-electron chi connectivity index (χ2n) is 2.74. The van der Waals surface area contributed by atoms with Crippen LogP contribution in [-0.4, -0.2) is 21.0 Å². The molecule has 0 aliphatic rings. The zero-order valence-electron chi connectivity index (χ0n) is 7.65. The summed E-state index contributed by atoms with van der Waals surface area (Å²) in [5.41, 5.74) is 6.51. The number of carboxylic acids is 1.